The van der Waals surface area contributed by atoms with Gasteiger partial charge in [0.25, 0.3) is 0 Å². The van der Waals surface area contributed by atoms with Gasteiger partial charge in [-0.15, -0.1) is 0 Å². The van der Waals surface area contributed by atoms with Crippen molar-refractivity contribution in [3.05, 3.63) is 53.6 Å². The predicted molar refractivity (Wildman–Crippen MR) is 65.5 cm³/mol. The van der Waals surface area contributed by atoms with Crippen molar-refractivity contribution in [3.63, 3.8) is 0 Å². The van der Waals surface area contributed by atoms with Gasteiger partial charge in [0.05, 0.1) is 5.69 Å². The van der Waals surface area contributed by atoms with Gasteiger partial charge in [0.2, 0.25) is 0 Å². The van der Waals surface area contributed by atoms with E-state index in [9.17, 15) is 4.79 Å². The first-order valence-electron chi connectivity index (χ1n) is 5.29. The quantitative estimate of drug-likeness (QED) is 0.595. The Labute approximate surface area is 99.6 Å². The topological polar surface area (TPSA) is 47.8 Å². The SMILES string of the molecule is Cc1nn(C)cc1/C=C/C(=O)c1cccnc1. The summed E-state index contributed by atoms with van der Waals surface area (Å²) in [5.41, 5.74) is 2.44. The van der Waals surface area contributed by atoms with Gasteiger partial charge in [-0.25, -0.2) is 0 Å². The van der Waals surface area contributed by atoms with Crippen LogP contribution in [0.1, 0.15) is 21.6 Å². The van der Waals surface area contributed by atoms with E-state index in [1.807, 2.05) is 20.2 Å². The van der Waals surface area contributed by atoms with Crippen LogP contribution in [0, 0.1) is 6.92 Å². The van der Waals surface area contributed by atoms with Gasteiger partial charge in [0, 0.05) is 36.8 Å². The molecule has 0 fully saturated rings. The van der Waals surface area contributed by atoms with Crippen LogP contribution < -0.4 is 0 Å². The number of hydrogen-bond donors (Lipinski definition) is 0. The number of allylic oxidation sites excluding steroid dienone is 1. The maximum Gasteiger partial charge on any atom is 0.187 e. The first kappa shape index (κ1) is 11.3. The second-order valence-electron chi connectivity index (χ2n) is 3.78. The number of nitrogens with zero attached hydrogens (tertiary/aromatic N) is 3. The van der Waals surface area contributed by atoms with E-state index in [4.69, 9.17) is 0 Å². The second-order valence-corrected chi connectivity index (χ2v) is 3.78. The second kappa shape index (κ2) is 4.74. The lowest BCUT2D eigenvalue weighted by Gasteiger charge is -1.93. The van der Waals surface area contributed by atoms with Crippen molar-refractivity contribution in [2.45, 2.75) is 6.92 Å². The maximum atomic E-state index is 11.8. The number of carbonyl (C=O) groups excluding carboxylic acids is 1. The van der Waals surface area contributed by atoms with Crippen molar-refractivity contribution in [2.24, 2.45) is 7.05 Å². The summed E-state index contributed by atoms with van der Waals surface area (Å²) < 4.78 is 1.73. The Bertz CT molecular complexity index is 555. The Morgan fingerprint density at radius 1 is 1.47 bits per heavy atom. The van der Waals surface area contributed by atoms with Crippen molar-refractivity contribution >= 4 is 11.9 Å². The van der Waals surface area contributed by atoms with Gasteiger partial charge in [-0.05, 0) is 31.2 Å². The minimum absolute atomic E-state index is 0.0543. The van der Waals surface area contributed by atoms with Gasteiger partial charge >= 0.3 is 0 Å². The molecule has 2 aromatic rings. The Kier molecular flexibility index (Phi) is 3.14. The molecule has 0 atom stereocenters. The van der Waals surface area contributed by atoms with Crippen molar-refractivity contribution in [2.75, 3.05) is 0 Å². The fraction of sp³-hybridized carbons (Fsp3) is 0.154. The molecule has 2 rings (SSSR count). The smallest absolute Gasteiger partial charge is 0.187 e. The van der Waals surface area contributed by atoms with Crippen molar-refractivity contribution in [1.29, 1.82) is 0 Å². The molecule has 0 spiro atoms. The van der Waals surface area contributed by atoms with E-state index in [1.54, 1.807) is 41.4 Å². The third-order valence-corrected chi connectivity index (χ3v) is 2.41. The molecule has 0 aliphatic carbocycles. The highest BCUT2D eigenvalue weighted by Crippen LogP contribution is 2.08. The molecule has 0 aliphatic heterocycles. The third-order valence-electron chi connectivity index (χ3n) is 2.41. The minimum atomic E-state index is -0.0543. The largest absolute Gasteiger partial charge is 0.289 e. The molecule has 4 heteroatoms. The molecule has 0 radical (unpaired) electrons. The molecule has 2 heterocycles. The van der Waals surface area contributed by atoms with Crippen molar-refractivity contribution < 1.29 is 4.79 Å². The van der Waals surface area contributed by atoms with Crippen LogP contribution in [0.2, 0.25) is 0 Å². The van der Waals surface area contributed by atoms with Crippen molar-refractivity contribution in [1.82, 2.24) is 14.8 Å². The minimum Gasteiger partial charge on any atom is -0.289 e. The molecule has 4 nitrogen and oxygen atoms in total. The molecule has 0 saturated carbocycles. The number of pyridine rings is 1. The third kappa shape index (κ3) is 2.66. The van der Waals surface area contributed by atoms with Crippen LogP contribution in [0.15, 0.2) is 36.8 Å². The normalized spacial score (nSPS) is 10.9. The Hall–Kier alpha value is -2.23. The van der Waals surface area contributed by atoms with Crippen LogP contribution in [0.3, 0.4) is 0 Å². The molecular weight excluding hydrogens is 214 g/mol. The number of ketones is 1. The zero-order valence-electron chi connectivity index (χ0n) is 9.79. The molecule has 0 unspecified atom stereocenters. The van der Waals surface area contributed by atoms with Crippen LogP contribution in [-0.2, 0) is 7.05 Å². The summed E-state index contributed by atoms with van der Waals surface area (Å²) >= 11 is 0. The summed E-state index contributed by atoms with van der Waals surface area (Å²) in [7, 11) is 1.85. The zero-order valence-corrected chi connectivity index (χ0v) is 9.79. The van der Waals surface area contributed by atoms with E-state index in [0.717, 1.165) is 11.3 Å². The number of rotatable bonds is 3. The number of hydrogen-bond acceptors (Lipinski definition) is 3. The highest BCUT2D eigenvalue weighted by Gasteiger charge is 2.02. The number of aromatic nitrogens is 3. The Morgan fingerprint density at radius 2 is 2.29 bits per heavy atom. The van der Waals surface area contributed by atoms with Crippen LogP contribution in [0.4, 0.5) is 0 Å². The van der Waals surface area contributed by atoms with Gasteiger partial charge in [-0.1, -0.05) is 0 Å². The lowest BCUT2D eigenvalue weighted by molar-refractivity contribution is 0.104. The lowest BCUT2D eigenvalue weighted by Crippen LogP contribution is -1.94. The average Bonchev–Trinajstić information content (AvgIpc) is 2.66. The van der Waals surface area contributed by atoms with Gasteiger partial charge in [0.1, 0.15) is 0 Å². The fourth-order valence-electron chi connectivity index (χ4n) is 1.55. The van der Waals surface area contributed by atoms with E-state index in [2.05, 4.69) is 10.1 Å². The molecule has 0 bridgehead atoms. The van der Waals surface area contributed by atoms with E-state index >= 15 is 0 Å². The van der Waals surface area contributed by atoms with Gasteiger partial charge in [-0.3, -0.25) is 14.5 Å². The Morgan fingerprint density at radius 3 is 2.88 bits per heavy atom. The first-order valence-corrected chi connectivity index (χ1v) is 5.29. The summed E-state index contributed by atoms with van der Waals surface area (Å²) in [6, 6.07) is 3.49. The van der Waals surface area contributed by atoms with E-state index in [-0.39, 0.29) is 5.78 Å². The molecular formula is C13H13N3O. The van der Waals surface area contributed by atoms with Gasteiger partial charge in [-0.2, -0.15) is 5.10 Å². The molecule has 86 valence electrons. The summed E-state index contributed by atoms with van der Waals surface area (Å²) in [4.78, 5) is 15.7. The van der Waals surface area contributed by atoms with Crippen LogP contribution in [-0.4, -0.2) is 20.5 Å². The highest BCUT2D eigenvalue weighted by molar-refractivity contribution is 6.06. The molecule has 0 N–H and O–H groups in total. The first-order chi connectivity index (χ1) is 8.16. The summed E-state index contributed by atoms with van der Waals surface area (Å²) in [6.45, 7) is 1.91. The van der Waals surface area contributed by atoms with Crippen LogP contribution >= 0.6 is 0 Å². The van der Waals surface area contributed by atoms with E-state index in [1.165, 1.54) is 0 Å². The number of carbonyl (C=O) groups is 1. The maximum absolute atomic E-state index is 11.8. The van der Waals surface area contributed by atoms with Gasteiger partial charge < -0.3 is 0 Å². The summed E-state index contributed by atoms with van der Waals surface area (Å²) in [5, 5.41) is 4.20. The summed E-state index contributed by atoms with van der Waals surface area (Å²) in [6.07, 6.45) is 8.40. The van der Waals surface area contributed by atoms with E-state index in [0.29, 0.717) is 5.56 Å². The molecule has 0 aromatic carbocycles. The molecule has 0 aliphatic rings. The molecule has 0 saturated heterocycles. The van der Waals surface area contributed by atoms with Crippen molar-refractivity contribution in [3.8, 4) is 0 Å². The fourth-order valence-corrected chi connectivity index (χ4v) is 1.55. The van der Waals surface area contributed by atoms with Crippen LogP contribution in [0.5, 0.6) is 0 Å². The average molecular weight is 227 g/mol. The predicted octanol–water partition coefficient (Wildman–Crippen LogP) is 2.02. The molecule has 2 aromatic heterocycles. The Balaban J connectivity index is 2.17. The monoisotopic (exact) mass is 227 g/mol. The van der Waals surface area contributed by atoms with Gasteiger partial charge in [0.15, 0.2) is 5.78 Å². The standard InChI is InChI=1S/C13H13N3O/c1-10-12(9-16(2)15-10)5-6-13(17)11-4-3-7-14-8-11/h3-9H,1-2H3/b6-5+. The molecule has 17 heavy (non-hydrogen) atoms. The number of aryl methyl sites for hydroxylation is 2. The lowest BCUT2D eigenvalue weighted by atomic mass is 10.1. The highest BCUT2D eigenvalue weighted by atomic mass is 16.1. The zero-order chi connectivity index (χ0) is 12.3. The summed E-state index contributed by atoms with van der Waals surface area (Å²) in [5.74, 6) is -0.0543. The van der Waals surface area contributed by atoms with Crippen LogP contribution in [0.25, 0.3) is 6.08 Å². The molecule has 0 amide bonds. The van der Waals surface area contributed by atoms with E-state index < -0.39 is 0 Å².